The number of carbonyl (C=O) groups excluding carboxylic acids is 1. The van der Waals surface area contributed by atoms with Gasteiger partial charge >= 0.3 is 0 Å². The SMILES string of the molecule is CCCCC(CC)C(=O)c1ccccc1OCCOC. The predicted octanol–water partition coefficient (Wildman–Crippen LogP) is 4.11. The van der Waals surface area contributed by atoms with Crippen LogP contribution in [-0.2, 0) is 4.74 Å². The molecule has 0 aliphatic carbocycles. The lowest BCUT2D eigenvalue weighted by atomic mass is 9.90. The Balaban J connectivity index is 2.79. The van der Waals surface area contributed by atoms with Gasteiger partial charge in [0.15, 0.2) is 5.78 Å². The van der Waals surface area contributed by atoms with Crippen molar-refractivity contribution in [3.8, 4) is 5.75 Å². The van der Waals surface area contributed by atoms with Crippen LogP contribution in [0.1, 0.15) is 49.9 Å². The summed E-state index contributed by atoms with van der Waals surface area (Å²) in [6.07, 6.45) is 4.05. The Hall–Kier alpha value is -1.35. The highest BCUT2D eigenvalue weighted by molar-refractivity contribution is 6.00. The van der Waals surface area contributed by atoms with Crippen LogP contribution in [-0.4, -0.2) is 26.1 Å². The molecule has 0 bridgehead atoms. The van der Waals surface area contributed by atoms with E-state index < -0.39 is 0 Å². The van der Waals surface area contributed by atoms with Gasteiger partial charge in [0.2, 0.25) is 0 Å². The molecule has 0 saturated heterocycles. The van der Waals surface area contributed by atoms with Crippen LogP contribution in [0.2, 0.25) is 0 Å². The van der Waals surface area contributed by atoms with E-state index in [1.54, 1.807) is 7.11 Å². The third-order valence-electron chi connectivity index (χ3n) is 3.47. The first-order valence-electron chi connectivity index (χ1n) is 7.49. The molecule has 0 aromatic heterocycles. The van der Waals surface area contributed by atoms with Gasteiger partial charge in [0.05, 0.1) is 12.2 Å². The number of hydrogen-bond donors (Lipinski definition) is 0. The van der Waals surface area contributed by atoms with E-state index in [1.807, 2.05) is 24.3 Å². The quantitative estimate of drug-likeness (QED) is 0.477. The van der Waals surface area contributed by atoms with Crippen molar-refractivity contribution >= 4 is 5.78 Å². The summed E-state index contributed by atoms with van der Waals surface area (Å²) in [4.78, 5) is 12.6. The molecule has 3 nitrogen and oxygen atoms in total. The molecule has 1 aromatic carbocycles. The molecular formula is C17H26O3. The van der Waals surface area contributed by atoms with Gasteiger partial charge < -0.3 is 9.47 Å². The Kier molecular flexibility index (Phi) is 7.97. The van der Waals surface area contributed by atoms with Crippen LogP contribution in [0.3, 0.4) is 0 Å². The van der Waals surface area contributed by atoms with Crippen LogP contribution in [0, 0.1) is 5.92 Å². The summed E-state index contributed by atoms with van der Waals surface area (Å²) < 4.78 is 10.6. The van der Waals surface area contributed by atoms with Gasteiger partial charge in [-0.2, -0.15) is 0 Å². The standard InChI is InChI=1S/C17H26O3/c1-4-6-9-14(5-2)17(18)15-10-7-8-11-16(15)20-13-12-19-3/h7-8,10-11,14H,4-6,9,12-13H2,1-3H3. The number of unbranched alkanes of at least 4 members (excludes halogenated alkanes) is 1. The molecule has 112 valence electrons. The van der Waals surface area contributed by atoms with E-state index in [9.17, 15) is 4.79 Å². The summed E-state index contributed by atoms with van der Waals surface area (Å²) in [6, 6.07) is 7.50. The van der Waals surface area contributed by atoms with E-state index in [0.717, 1.165) is 25.7 Å². The van der Waals surface area contributed by atoms with E-state index in [-0.39, 0.29) is 11.7 Å². The maximum atomic E-state index is 12.6. The molecule has 0 amide bonds. The average Bonchev–Trinajstić information content (AvgIpc) is 2.48. The smallest absolute Gasteiger partial charge is 0.169 e. The Bertz CT molecular complexity index is 401. The highest BCUT2D eigenvalue weighted by Crippen LogP contribution is 2.25. The third kappa shape index (κ3) is 4.97. The lowest BCUT2D eigenvalue weighted by Gasteiger charge is -2.16. The average molecular weight is 278 g/mol. The maximum absolute atomic E-state index is 12.6. The molecule has 1 aromatic rings. The fourth-order valence-corrected chi connectivity index (χ4v) is 2.22. The Morgan fingerprint density at radius 2 is 1.95 bits per heavy atom. The molecule has 20 heavy (non-hydrogen) atoms. The number of benzene rings is 1. The highest BCUT2D eigenvalue weighted by atomic mass is 16.5. The van der Waals surface area contributed by atoms with Crippen LogP contribution in [0.5, 0.6) is 5.75 Å². The van der Waals surface area contributed by atoms with Crippen LogP contribution in [0.15, 0.2) is 24.3 Å². The van der Waals surface area contributed by atoms with Crippen molar-refractivity contribution in [1.82, 2.24) is 0 Å². The van der Waals surface area contributed by atoms with E-state index >= 15 is 0 Å². The molecule has 0 spiro atoms. The summed E-state index contributed by atoms with van der Waals surface area (Å²) in [5.41, 5.74) is 0.701. The van der Waals surface area contributed by atoms with Crippen molar-refractivity contribution in [2.24, 2.45) is 5.92 Å². The first-order chi connectivity index (χ1) is 9.74. The summed E-state index contributed by atoms with van der Waals surface area (Å²) in [5, 5.41) is 0. The molecule has 1 rings (SSSR count). The van der Waals surface area contributed by atoms with Crippen molar-refractivity contribution < 1.29 is 14.3 Å². The second kappa shape index (κ2) is 9.54. The predicted molar refractivity (Wildman–Crippen MR) is 81.4 cm³/mol. The third-order valence-corrected chi connectivity index (χ3v) is 3.47. The number of rotatable bonds is 10. The fraction of sp³-hybridized carbons (Fsp3) is 0.588. The monoisotopic (exact) mass is 278 g/mol. The summed E-state index contributed by atoms with van der Waals surface area (Å²) >= 11 is 0. The normalized spacial score (nSPS) is 12.2. The van der Waals surface area contributed by atoms with Crippen LogP contribution in [0.25, 0.3) is 0 Å². The summed E-state index contributed by atoms with van der Waals surface area (Å²) in [5.74, 6) is 0.973. The Morgan fingerprint density at radius 3 is 2.60 bits per heavy atom. The summed E-state index contributed by atoms with van der Waals surface area (Å²) in [6.45, 7) is 5.22. The molecule has 0 N–H and O–H groups in total. The molecule has 0 radical (unpaired) electrons. The minimum Gasteiger partial charge on any atom is -0.490 e. The lowest BCUT2D eigenvalue weighted by molar-refractivity contribution is 0.0900. The zero-order valence-corrected chi connectivity index (χ0v) is 12.9. The van der Waals surface area contributed by atoms with Gasteiger partial charge in [0.1, 0.15) is 12.4 Å². The zero-order chi connectivity index (χ0) is 14.8. The fourth-order valence-electron chi connectivity index (χ4n) is 2.22. The number of hydrogen-bond acceptors (Lipinski definition) is 3. The number of carbonyl (C=O) groups is 1. The van der Waals surface area contributed by atoms with Crippen LogP contribution >= 0.6 is 0 Å². The van der Waals surface area contributed by atoms with Crippen LogP contribution < -0.4 is 4.74 Å². The van der Waals surface area contributed by atoms with Gasteiger partial charge in [-0.15, -0.1) is 0 Å². The molecule has 0 aliphatic rings. The lowest BCUT2D eigenvalue weighted by Crippen LogP contribution is -2.16. The molecule has 1 unspecified atom stereocenters. The molecule has 1 atom stereocenters. The van der Waals surface area contributed by atoms with E-state index in [4.69, 9.17) is 9.47 Å². The van der Waals surface area contributed by atoms with E-state index in [2.05, 4.69) is 13.8 Å². The van der Waals surface area contributed by atoms with Gasteiger partial charge in [-0.1, -0.05) is 38.8 Å². The minimum absolute atomic E-state index is 0.0992. The van der Waals surface area contributed by atoms with Crippen molar-refractivity contribution in [3.63, 3.8) is 0 Å². The second-order valence-corrected chi connectivity index (χ2v) is 4.95. The highest BCUT2D eigenvalue weighted by Gasteiger charge is 2.20. The zero-order valence-electron chi connectivity index (χ0n) is 12.9. The van der Waals surface area contributed by atoms with Gasteiger partial charge in [-0.3, -0.25) is 4.79 Å². The number of Topliss-reactive ketones (excluding diaryl/α,β-unsaturated/α-hetero) is 1. The van der Waals surface area contributed by atoms with Gasteiger partial charge in [-0.05, 0) is 25.0 Å². The number of ketones is 1. The first kappa shape index (κ1) is 16.7. The van der Waals surface area contributed by atoms with Crippen molar-refractivity contribution in [1.29, 1.82) is 0 Å². The van der Waals surface area contributed by atoms with Crippen molar-refractivity contribution in [2.75, 3.05) is 20.3 Å². The molecule has 0 saturated carbocycles. The molecule has 0 aliphatic heterocycles. The summed E-state index contributed by atoms with van der Waals surface area (Å²) in [7, 11) is 1.64. The van der Waals surface area contributed by atoms with Crippen molar-refractivity contribution in [3.05, 3.63) is 29.8 Å². The van der Waals surface area contributed by atoms with Gasteiger partial charge in [-0.25, -0.2) is 0 Å². The first-order valence-corrected chi connectivity index (χ1v) is 7.49. The number of para-hydroxylation sites is 1. The Labute approximate surface area is 122 Å². The van der Waals surface area contributed by atoms with Gasteiger partial charge in [0, 0.05) is 13.0 Å². The Morgan fingerprint density at radius 1 is 1.20 bits per heavy atom. The number of ether oxygens (including phenoxy) is 2. The minimum atomic E-state index is 0.0992. The van der Waals surface area contributed by atoms with Crippen LogP contribution in [0.4, 0.5) is 0 Å². The second-order valence-electron chi connectivity index (χ2n) is 4.95. The van der Waals surface area contributed by atoms with E-state index in [1.165, 1.54) is 0 Å². The maximum Gasteiger partial charge on any atom is 0.169 e. The van der Waals surface area contributed by atoms with E-state index in [0.29, 0.717) is 24.5 Å². The molecule has 0 fully saturated rings. The number of methoxy groups -OCH3 is 1. The molecule has 3 heteroatoms. The largest absolute Gasteiger partial charge is 0.490 e. The van der Waals surface area contributed by atoms with Gasteiger partial charge in [0.25, 0.3) is 0 Å². The topological polar surface area (TPSA) is 35.5 Å². The van der Waals surface area contributed by atoms with Crippen molar-refractivity contribution in [2.45, 2.75) is 39.5 Å². The molecular weight excluding hydrogens is 252 g/mol. The molecule has 0 heterocycles.